The second kappa shape index (κ2) is 9.75. The molecule has 1 unspecified atom stereocenters. The number of rotatable bonds is 9. The fourth-order valence-electron chi connectivity index (χ4n) is 2.64. The van der Waals surface area contributed by atoms with Crippen LogP contribution in [0.15, 0.2) is 24.3 Å². The Morgan fingerprint density at radius 2 is 2.09 bits per heavy atom. The summed E-state index contributed by atoms with van der Waals surface area (Å²) in [5, 5.41) is 3.75. The Labute approximate surface area is 142 Å². The van der Waals surface area contributed by atoms with Crippen LogP contribution in [0.5, 0.6) is 0 Å². The normalized spacial score (nSPS) is 17.5. The Morgan fingerprint density at radius 3 is 2.83 bits per heavy atom. The summed E-state index contributed by atoms with van der Waals surface area (Å²) in [6.07, 6.45) is 1.49. The minimum Gasteiger partial charge on any atom is -0.382 e. The van der Waals surface area contributed by atoms with Crippen molar-refractivity contribution in [3.05, 3.63) is 29.3 Å². The van der Waals surface area contributed by atoms with E-state index in [0.717, 1.165) is 31.1 Å². The maximum atomic E-state index is 11.8. The van der Waals surface area contributed by atoms with Gasteiger partial charge in [0.2, 0.25) is 5.91 Å². The molecule has 128 valence electrons. The van der Waals surface area contributed by atoms with Gasteiger partial charge in [0.05, 0.1) is 19.8 Å². The maximum absolute atomic E-state index is 11.8. The van der Waals surface area contributed by atoms with Crippen molar-refractivity contribution in [2.45, 2.75) is 12.8 Å². The van der Waals surface area contributed by atoms with Gasteiger partial charge < -0.3 is 19.7 Å². The Kier molecular flexibility index (Phi) is 7.65. The van der Waals surface area contributed by atoms with Crippen LogP contribution in [0.25, 0.3) is 0 Å². The molecule has 1 aromatic carbocycles. The molecule has 0 saturated carbocycles. The number of carbonyl (C=O) groups is 1. The highest BCUT2D eigenvalue weighted by molar-refractivity contribution is 6.30. The second-order valence-electron chi connectivity index (χ2n) is 5.74. The van der Waals surface area contributed by atoms with Crippen LogP contribution in [0, 0.1) is 5.92 Å². The molecule has 2 rings (SSSR count). The number of amides is 1. The molecule has 0 aromatic heterocycles. The van der Waals surface area contributed by atoms with E-state index in [1.54, 1.807) is 7.11 Å². The van der Waals surface area contributed by atoms with Crippen molar-refractivity contribution in [3.8, 4) is 0 Å². The van der Waals surface area contributed by atoms with E-state index in [1.165, 1.54) is 5.69 Å². The molecule has 1 N–H and O–H groups in total. The van der Waals surface area contributed by atoms with Crippen LogP contribution in [0.2, 0.25) is 5.02 Å². The lowest BCUT2D eigenvalue weighted by Crippen LogP contribution is -2.31. The number of hydrogen-bond donors (Lipinski definition) is 1. The van der Waals surface area contributed by atoms with Crippen molar-refractivity contribution < 1.29 is 14.3 Å². The van der Waals surface area contributed by atoms with Gasteiger partial charge in [0.15, 0.2) is 0 Å². The average molecular weight is 341 g/mol. The van der Waals surface area contributed by atoms with Gasteiger partial charge in [0.25, 0.3) is 0 Å². The third kappa shape index (κ3) is 6.37. The fraction of sp³-hybridized carbons (Fsp3) is 0.588. The number of nitrogens with zero attached hydrogens (tertiary/aromatic N) is 1. The maximum Gasteiger partial charge on any atom is 0.222 e. The third-order valence-electron chi connectivity index (χ3n) is 3.97. The summed E-state index contributed by atoms with van der Waals surface area (Å²) in [5.74, 6) is 0.538. The second-order valence-corrected chi connectivity index (χ2v) is 6.17. The van der Waals surface area contributed by atoms with Crippen LogP contribution in [-0.2, 0) is 14.3 Å². The highest BCUT2D eigenvalue weighted by Crippen LogP contribution is 2.24. The Morgan fingerprint density at radius 1 is 1.30 bits per heavy atom. The molecule has 0 bridgehead atoms. The molecule has 1 atom stereocenters. The van der Waals surface area contributed by atoms with E-state index < -0.39 is 0 Å². The molecule has 5 nitrogen and oxygen atoms in total. The first kappa shape index (κ1) is 18.0. The van der Waals surface area contributed by atoms with Gasteiger partial charge in [-0.15, -0.1) is 0 Å². The van der Waals surface area contributed by atoms with Crippen LogP contribution in [0.3, 0.4) is 0 Å². The summed E-state index contributed by atoms with van der Waals surface area (Å²) < 4.78 is 10.2. The molecule has 23 heavy (non-hydrogen) atoms. The highest BCUT2D eigenvalue weighted by atomic mass is 35.5. The van der Waals surface area contributed by atoms with Crippen LogP contribution < -0.4 is 10.2 Å². The molecule has 6 heteroatoms. The minimum absolute atomic E-state index is 0.0485. The average Bonchev–Trinajstić information content (AvgIpc) is 3.02. The Bertz CT molecular complexity index is 481. The van der Waals surface area contributed by atoms with Gasteiger partial charge in [-0.1, -0.05) is 11.6 Å². The molecular weight excluding hydrogens is 316 g/mol. The van der Waals surface area contributed by atoms with Gasteiger partial charge in [-0.25, -0.2) is 0 Å². The van der Waals surface area contributed by atoms with Gasteiger partial charge in [0, 0.05) is 43.9 Å². The largest absolute Gasteiger partial charge is 0.382 e. The van der Waals surface area contributed by atoms with Gasteiger partial charge in [0.1, 0.15) is 0 Å². The van der Waals surface area contributed by atoms with Crippen molar-refractivity contribution in [1.82, 2.24) is 5.32 Å². The van der Waals surface area contributed by atoms with Crippen LogP contribution in [0.1, 0.15) is 12.8 Å². The van der Waals surface area contributed by atoms with E-state index in [0.29, 0.717) is 32.2 Å². The summed E-state index contributed by atoms with van der Waals surface area (Å²) in [4.78, 5) is 14.1. The number of halogens is 1. The lowest BCUT2D eigenvalue weighted by atomic mass is 10.1. The van der Waals surface area contributed by atoms with Crippen LogP contribution >= 0.6 is 11.6 Å². The lowest BCUT2D eigenvalue weighted by molar-refractivity contribution is -0.122. The van der Waals surface area contributed by atoms with Crippen molar-refractivity contribution >= 4 is 23.2 Å². The van der Waals surface area contributed by atoms with E-state index in [2.05, 4.69) is 10.2 Å². The zero-order valence-corrected chi connectivity index (χ0v) is 14.3. The predicted octanol–water partition coefficient (Wildman–Crippen LogP) is 2.34. The first-order valence-corrected chi connectivity index (χ1v) is 8.40. The van der Waals surface area contributed by atoms with Crippen molar-refractivity contribution in [3.63, 3.8) is 0 Å². The van der Waals surface area contributed by atoms with E-state index in [4.69, 9.17) is 21.1 Å². The smallest absolute Gasteiger partial charge is 0.222 e. The zero-order chi connectivity index (χ0) is 16.5. The molecule has 1 heterocycles. The van der Waals surface area contributed by atoms with Crippen LogP contribution in [-0.4, -0.2) is 52.5 Å². The number of methoxy groups -OCH3 is 1. The van der Waals surface area contributed by atoms with E-state index in [9.17, 15) is 4.79 Å². The number of anilines is 1. The minimum atomic E-state index is 0.0485. The van der Waals surface area contributed by atoms with E-state index >= 15 is 0 Å². The Balaban J connectivity index is 1.62. The topological polar surface area (TPSA) is 50.8 Å². The number of ether oxygens (including phenoxy) is 2. The molecule has 1 aromatic rings. The molecule has 0 spiro atoms. The molecule has 0 radical (unpaired) electrons. The van der Waals surface area contributed by atoms with Crippen molar-refractivity contribution in [2.75, 3.05) is 51.5 Å². The molecule has 1 aliphatic rings. The molecule has 1 fully saturated rings. The number of hydrogen-bond acceptors (Lipinski definition) is 4. The quantitative estimate of drug-likeness (QED) is 0.701. The van der Waals surface area contributed by atoms with Crippen molar-refractivity contribution in [2.24, 2.45) is 5.92 Å². The first-order chi connectivity index (χ1) is 11.2. The van der Waals surface area contributed by atoms with Gasteiger partial charge in [-0.2, -0.15) is 0 Å². The van der Waals surface area contributed by atoms with Gasteiger partial charge in [-0.3, -0.25) is 4.79 Å². The van der Waals surface area contributed by atoms with Crippen LogP contribution in [0.4, 0.5) is 5.69 Å². The summed E-state index contributed by atoms with van der Waals surface area (Å²) in [6.45, 7) is 4.24. The molecule has 1 aliphatic heterocycles. The molecular formula is C17H25ClN2O3. The molecule has 0 aliphatic carbocycles. The lowest BCUT2D eigenvalue weighted by Gasteiger charge is -2.19. The number of benzene rings is 1. The summed E-state index contributed by atoms with van der Waals surface area (Å²) >= 11 is 5.92. The van der Waals surface area contributed by atoms with E-state index in [1.807, 2.05) is 24.3 Å². The SMILES string of the molecule is COCCOCCC(=O)NCC1CCN(c2ccc(Cl)cc2)C1. The zero-order valence-electron chi connectivity index (χ0n) is 13.6. The summed E-state index contributed by atoms with van der Waals surface area (Å²) in [6, 6.07) is 7.91. The first-order valence-electron chi connectivity index (χ1n) is 8.03. The van der Waals surface area contributed by atoms with Crippen molar-refractivity contribution in [1.29, 1.82) is 0 Å². The number of carbonyl (C=O) groups excluding carboxylic acids is 1. The van der Waals surface area contributed by atoms with E-state index in [-0.39, 0.29) is 5.91 Å². The standard InChI is InChI=1S/C17H25ClN2O3/c1-22-10-11-23-9-7-17(21)19-12-14-6-8-20(13-14)16-4-2-15(18)3-5-16/h2-5,14H,6-13H2,1H3,(H,19,21). The van der Waals surface area contributed by atoms with Gasteiger partial charge in [-0.05, 0) is 36.6 Å². The Hall–Kier alpha value is -1.30. The number of nitrogens with one attached hydrogen (secondary N) is 1. The summed E-state index contributed by atoms with van der Waals surface area (Å²) in [5.41, 5.74) is 1.19. The monoisotopic (exact) mass is 340 g/mol. The molecule has 1 saturated heterocycles. The molecule has 1 amide bonds. The third-order valence-corrected chi connectivity index (χ3v) is 4.22. The fourth-order valence-corrected chi connectivity index (χ4v) is 2.77. The highest BCUT2D eigenvalue weighted by Gasteiger charge is 2.22. The predicted molar refractivity (Wildman–Crippen MR) is 92.1 cm³/mol. The van der Waals surface area contributed by atoms with Gasteiger partial charge >= 0.3 is 0 Å². The summed E-state index contributed by atoms with van der Waals surface area (Å²) in [7, 11) is 1.63.